The Kier molecular flexibility index (Phi) is 4.12. The van der Waals surface area contributed by atoms with Gasteiger partial charge in [-0.3, -0.25) is 0 Å². The van der Waals surface area contributed by atoms with Gasteiger partial charge in [-0.15, -0.1) is 0 Å². The molecule has 0 aliphatic rings. The standard InChI is InChI=1S/C20H15BrN4/c21-17-2-1-3-18-15(17)9-19(25-18)16(20-11-23-12-24-20)8-13-4-6-14(10-22)7-5-13/h1-7,9,11-12,16,25H,8H2,(H,23,24). The first kappa shape index (κ1) is 15.7. The van der Waals surface area contributed by atoms with E-state index in [1.165, 1.54) is 10.9 Å². The van der Waals surface area contributed by atoms with Crippen molar-refractivity contribution in [1.82, 2.24) is 15.0 Å². The fourth-order valence-corrected chi connectivity index (χ4v) is 3.60. The summed E-state index contributed by atoms with van der Waals surface area (Å²) in [5.41, 5.74) is 5.16. The van der Waals surface area contributed by atoms with Crippen molar-refractivity contribution in [2.24, 2.45) is 0 Å². The molecule has 1 unspecified atom stereocenters. The summed E-state index contributed by atoms with van der Waals surface area (Å²) in [6.07, 6.45) is 4.40. The molecule has 0 saturated carbocycles. The topological polar surface area (TPSA) is 68.3 Å². The van der Waals surface area contributed by atoms with E-state index in [2.05, 4.69) is 49.1 Å². The Labute approximate surface area is 153 Å². The molecule has 0 saturated heterocycles. The number of halogens is 1. The second-order valence-corrected chi connectivity index (χ2v) is 6.85. The number of nitrogens with zero attached hydrogens (tertiary/aromatic N) is 2. The molecule has 2 aromatic heterocycles. The quantitative estimate of drug-likeness (QED) is 0.520. The van der Waals surface area contributed by atoms with Crippen molar-refractivity contribution in [1.29, 1.82) is 5.26 Å². The lowest BCUT2D eigenvalue weighted by molar-refractivity contribution is 0.760. The van der Waals surface area contributed by atoms with E-state index in [-0.39, 0.29) is 5.92 Å². The van der Waals surface area contributed by atoms with E-state index in [1.54, 1.807) is 6.33 Å². The van der Waals surface area contributed by atoms with Gasteiger partial charge in [0.25, 0.3) is 0 Å². The molecule has 1 atom stereocenters. The average Bonchev–Trinajstić information content (AvgIpc) is 3.30. The molecular weight excluding hydrogens is 376 g/mol. The van der Waals surface area contributed by atoms with Gasteiger partial charge in [0.15, 0.2) is 0 Å². The molecule has 0 fully saturated rings. The highest BCUT2D eigenvalue weighted by atomic mass is 79.9. The van der Waals surface area contributed by atoms with Gasteiger partial charge in [-0.25, -0.2) is 4.98 Å². The van der Waals surface area contributed by atoms with Gasteiger partial charge in [0.1, 0.15) is 0 Å². The summed E-state index contributed by atoms with van der Waals surface area (Å²) < 4.78 is 1.08. The third kappa shape index (κ3) is 3.09. The van der Waals surface area contributed by atoms with Gasteiger partial charge in [0, 0.05) is 38.9 Å². The van der Waals surface area contributed by atoms with Crippen molar-refractivity contribution in [2.75, 3.05) is 0 Å². The summed E-state index contributed by atoms with van der Waals surface area (Å²) >= 11 is 3.62. The molecule has 4 aromatic rings. The van der Waals surface area contributed by atoms with Crippen molar-refractivity contribution in [3.8, 4) is 6.07 Å². The van der Waals surface area contributed by atoms with Gasteiger partial charge in [0.2, 0.25) is 0 Å². The van der Waals surface area contributed by atoms with Crippen LogP contribution in [0.2, 0.25) is 0 Å². The first-order chi connectivity index (χ1) is 12.2. The number of rotatable bonds is 4. The van der Waals surface area contributed by atoms with E-state index in [1.807, 2.05) is 42.6 Å². The van der Waals surface area contributed by atoms with Crippen LogP contribution in [0.3, 0.4) is 0 Å². The molecule has 122 valence electrons. The maximum absolute atomic E-state index is 8.97. The van der Waals surface area contributed by atoms with Gasteiger partial charge in [-0.1, -0.05) is 34.1 Å². The molecule has 0 spiro atoms. The zero-order chi connectivity index (χ0) is 17.2. The number of fused-ring (bicyclic) bond motifs is 1. The maximum Gasteiger partial charge on any atom is 0.0991 e. The Bertz CT molecular complexity index is 1040. The van der Waals surface area contributed by atoms with Crippen LogP contribution in [0.25, 0.3) is 10.9 Å². The van der Waals surface area contributed by atoms with Crippen molar-refractivity contribution in [2.45, 2.75) is 12.3 Å². The summed E-state index contributed by atoms with van der Waals surface area (Å²) in [4.78, 5) is 11.0. The van der Waals surface area contributed by atoms with Crippen LogP contribution in [-0.2, 0) is 6.42 Å². The fourth-order valence-electron chi connectivity index (χ4n) is 3.12. The molecule has 4 nitrogen and oxygen atoms in total. The van der Waals surface area contributed by atoms with Crippen molar-refractivity contribution < 1.29 is 0 Å². The van der Waals surface area contributed by atoms with Gasteiger partial charge < -0.3 is 9.97 Å². The summed E-state index contributed by atoms with van der Waals surface area (Å²) in [6, 6.07) is 18.3. The number of H-pyrrole nitrogens is 2. The molecular formula is C20H15BrN4. The minimum atomic E-state index is 0.134. The third-order valence-electron chi connectivity index (χ3n) is 4.42. The Morgan fingerprint density at radius 3 is 2.64 bits per heavy atom. The highest BCUT2D eigenvalue weighted by molar-refractivity contribution is 9.10. The van der Waals surface area contributed by atoms with Crippen LogP contribution < -0.4 is 0 Å². The number of hydrogen-bond donors (Lipinski definition) is 2. The molecule has 25 heavy (non-hydrogen) atoms. The van der Waals surface area contributed by atoms with Gasteiger partial charge in [0.05, 0.1) is 18.0 Å². The van der Waals surface area contributed by atoms with Gasteiger partial charge in [-0.2, -0.15) is 5.26 Å². The van der Waals surface area contributed by atoms with Crippen molar-refractivity contribution in [3.05, 3.63) is 88.0 Å². The lowest BCUT2D eigenvalue weighted by Crippen LogP contribution is -2.06. The average molecular weight is 391 g/mol. The predicted molar refractivity (Wildman–Crippen MR) is 101 cm³/mol. The molecule has 2 heterocycles. The Morgan fingerprint density at radius 2 is 1.96 bits per heavy atom. The van der Waals surface area contributed by atoms with Crippen LogP contribution in [0.1, 0.15) is 28.4 Å². The second-order valence-electron chi connectivity index (χ2n) is 6.00. The SMILES string of the molecule is N#Cc1ccc(CC(c2cnc[nH]2)c2cc3c(Br)cccc3[nH]2)cc1. The second kappa shape index (κ2) is 6.58. The lowest BCUT2D eigenvalue weighted by Gasteiger charge is -2.14. The molecule has 2 aromatic carbocycles. The number of nitriles is 1. The molecule has 0 radical (unpaired) electrons. The van der Waals surface area contributed by atoms with Crippen LogP contribution in [0.5, 0.6) is 0 Å². The van der Waals surface area contributed by atoms with Gasteiger partial charge >= 0.3 is 0 Å². The molecule has 5 heteroatoms. The van der Waals surface area contributed by atoms with Crippen molar-refractivity contribution >= 4 is 26.8 Å². The monoisotopic (exact) mass is 390 g/mol. The molecule has 4 rings (SSSR count). The Balaban J connectivity index is 1.75. The van der Waals surface area contributed by atoms with Gasteiger partial charge in [-0.05, 0) is 42.3 Å². The minimum absolute atomic E-state index is 0.134. The summed E-state index contributed by atoms with van der Waals surface area (Å²) in [7, 11) is 0. The lowest BCUT2D eigenvalue weighted by atomic mass is 9.93. The molecule has 0 aliphatic heterocycles. The molecule has 0 bridgehead atoms. The Hall–Kier alpha value is -2.84. The zero-order valence-corrected chi connectivity index (χ0v) is 14.9. The smallest absolute Gasteiger partial charge is 0.0991 e. The summed E-state index contributed by atoms with van der Waals surface area (Å²) in [6.45, 7) is 0. The molecule has 0 amide bonds. The van der Waals surface area contributed by atoms with E-state index in [4.69, 9.17) is 5.26 Å². The van der Waals surface area contributed by atoms with E-state index in [0.717, 1.165) is 27.8 Å². The summed E-state index contributed by atoms with van der Waals surface area (Å²) in [5.74, 6) is 0.134. The summed E-state index contributed by atoms with van der Waals surface area (Å²) in [5, 5.41) is 10.1. The van der Waals surface area contributed by atoms with E-state index < -0.39 is 0 Å². The van der Waals surface area contributed by atoms with Crippen LogP contribution >= 0.6 is 15.9 Å². The highest BCUT2D eigenvalue weighted by Gasteiger charge is 2.19. The number of imidazole rings is 1. The number of benzene rings is 2. The van der Waals surface area contributed by atoms with Crippen LogP contribution in [0.15, 0.2) is 65.5 Å². The van der Waals surface area contributed by atoms with Crippen LogP contribution in [0, 0.1) is 11.3 Å². The van der Waals surface area contributed by atoms with Crippen molar-refractivity contribution in [3.63, 3.8) is 0 Å². The predicted octanol–water partition coefficient (Wildman–Crippen LogP) is 4.90. The minimum Gasteiger partial charge on any atom is -0.358 e. The van der Waals surface area contributed by atoms with Crippen LogP contribution in [0.4, 0.5) is 0 Å². The first-order valence-electron chi connectivity index (χ1n) is 7.99. The normalized spacial score (nSPS) is 12.2. The molecule has 2 N–H and O–H groups in total. The highest BCUT2D eigenvalue weighted by Crippen LogP contribution is 2.32. The van der Waals surface area contributed by atoms with E-state index >= 15 is 0 Å². The van der Waals surface area contributed by atoms with Crippen LogP contribution in [-0.4, -0.2) is 15.0 Å². The number of nitrogens with one attached hydrogen (secondary N) is 2. The number of hydrogen-bond acceptors (Lipinski definition) is 2. The fraction of sp³-hybridized carbons (Fsp3) is 0.100. The Morgan fingerprint density at radius 1 is 1.12 bits per heavy atom. The first-order valence-corrected chi connectivity index (χ1v) is 8.78. The third-order valence-corrected chi connectivity index (χ3v) is 5.12. The molecule has 0 aliphatic carbocycles. The maximum atomic E-state index is 8.97. The largest absolute Gasteiger partial charge is 0.358 e. The number of aromatic nitrogens is 3. The van der Waals surface area contributed by atoms with E-state index in [9.17, 15) is 0 Å². The van der Waals surface area contributed by atoms with E-state index in [0.29, 0.717) is 5.56 Å². The number of aromatic amines is 2. The zero-order valence-electron chi connectivity index (χ0n) is 13.3.